The molecule has 0 amide bonds. The van der Waals surface area contributed by atoms with Crippen molar-refractivity contribution in [2.75, 3.05) is 0 Å². The lowest BCUT2D eigenvalue weighted by Gasteiger charge is -2.19. The monoisotopic (exact) mass is 581 g/mol. The number of hydrogen-bond acceptors (Lipinski definition) is 1. The molecule has 6 aromatic rings. The number of benzene rings is 6. The molecule has 0 aliphatic heterocycles. The summed E-state index contributed by atoms with van der Waals surface area (Å²) in [6, 6.07) is 41.5. The highest BCUT2D eigenvalue weighted by atomic mass is 14.8. The van der Waals surface area contributed by atoms with E-state index in [0.717, 1.165) is 35.4 Å². The molecule has 0 heterocycles. The van der Waals surface area contributed by atoms with Gasteiger partial charge in [-0.2, -0.15) is 0 Å². The van der Waals surface area contributed by atoms with Crippen molar-refractivity contribution >= 4 is 49.3 Å². The lowest BCUT2D eigenvalue weighted by molar-refractivity contribution is 1.22. The fourth-order valence-electron chi connectivity index (χ4n) is 6.41. The Hall–Kier alpha value is -5.27. The predicted molar refractivity (Wildman–Crippen MR) is 199 cm³/mol. The first-order valence-electron chi connectivity index (χ1n) is 15.9. The van der Waals surface area contributed by atoms with Crippen LogP contribution in [0.25, 0.3) is 54.7 Å². The summed E-state index contributed by atoms with van der Waals surface area (Å²) >= 11 is 0. The van der Waals surface area contributed by atoms with Crippen molar-refractivity contribution in [3.63, 3.8) is 0 Å². The van der Waals surface area contributed by atoms with E-state index < -0.39 is 0 Å². The Morgan fingerprint density at radius 2 is 1.24 bits per heavy atom. The minimum atomic E-state index is 0.904. The van der Waals surface area contributed by atoms with Crippen LogP contribution >= 0.6 is 0 Å². The normalized spacial score (nSPS) is 12.9. The molecule has 0 unspecified atom stereocenters. The topological polar surface area (TPSA) is 12.4 Å². The van der Waals surface area contributed by atoms with Crippen LogP contribution in [0.3, 0.4) is 0 Å². The van der Waals surface area contributed by atoms with Crippen LogP contribution in [0.2, 0.25) is 0 Å². The molecule has 0 saturated heterocycles. The lowest BCUT2D eigenvalue weighted by Crippen LogP contribution is -1.96. The molecule has 220 valence electrons. The van der Waals surface area contributed by atoms with Gasteiger partial charge in [-0.25, -0.2) is 0 Å². The third-order valence-corrected chi connectivity index (χ3v) is 8.40. The average molecular weight is 582 g/mol. The molecule has 0 aromatic heterocycles. The molecule has 0 atom stereocenters. The molecule has 6 aromatic carbocycles. The number of allylic oxidation sites excluding steroid dienone is 6. The van der Waals surface area contributed by atoms with Gasteiger partial charge in [0.15, 0.2) is 0 Å². The van der Waals surface area contributed by atoms with Crippen LogP contribution in [0.4, 0.5) is 0 Å². The van der Waals surface area contributed by atoms with Crippen molar-refractivity contribution in [2.24, 2.45) is 4.99 Å². The molecular weight excluding hydrogens is 542 g/mol. The molecule has 0 saturated carbocycles. The third-order valence-electron chi connectivity index (χ3n) is 8.40. The minimum absolute atomic E-state index is 0.904. The summed E-state index contributed by atoms with van der Waals surface area (Å²) in [6.45, 7) is 10.5. The molecule has 0 aliphatic rings. The standard InChI is InChI=1S/C44H39N/c1-5-8-20-33(18-6-2)43-38-23-12-14-25-40(38)44(41-26-15-13-24-39(41)43)37-30-17-27-34-35(37)28-16-29-36(34)42(19-7-3)45-31(4)32-21-10-9-11-22-32/h6,8-30H,2,5,7H2,1,3-4H3/b20-8-,33-18+,42-19-,45-31+. The number of aliphatic imine (C=N–C) groups is 1. The predicted octanol–water partition coefficient (Wildman–Crippen LogP) is 12.6. The Kier molecular flexibility index (Phi) is 8.99. The molecule has 0 spiro atoms. The molecule has 1 nitrogen and oxygen atoms in total. The number of hydrogen-bond donors (Lipinski definition) is 0. The van der Waals surface area contributed by atoms with Gasteiger partial charge >= 0.3 is 0 Å². The quantitative estimate of drug-likeness (QED) is 0.0915. The van der Waals surface area contributed by atoms with E-state index in [4.69, 9.17) is 4.99 Å². The van der Waals surface area contributed by atoms with Crippen LogP contribution in [0, 0.1) is 0 Å². The van der Waals surface area contributed by atoms with E-state index in [9.17, 15) is 0 Å². The summed E-state index contributed by atoms with van der Waals surface area (Å²) in [5.74, 6) is 0. The van der Waals surface area contributed by atoms with E-state index in [1.54, 1.807) is 0 Å². The minimum Gasteiger partial charge on any atom is -0.253 e. The maximum atomic E-state index is 5.19. The van der Waals surface area contributed by atoms with Crippen molar-refractivity contribution in [3.05, 3.63) is 169 Å². The van der Waals surface area contributed by atoms with Gasteiger partial charge in [-0.15, -0.1) is 0 Å². The van der Waals surface area contributed by atoms with Gasteiger partial charge in [-0.3, -0.25) is 4.99 Å². The van der Waals surface area contributed by atoms with Gasteiger partial charge in [-0.05, 0) is 79.9 Å². The Labute approximate surface area is 267 Å². The fraction of sp³-hybridized carbons (Fsp3) is 0.114. The Morgan fingerprint density at radius 3 is 1.89 bits per heavy atom. The van der Waals surface area contributed by atoms with Gasteiger partial charge in [-0.1, -0.05) is 166 Å². The van der Waals surface area contributed by atoms with Crippen LogP contribution in [0.1, 0.15) is 50.3 Å². The Morgan fingerprint density at radius 1 is 0.644 bits per heavy atom. The Bertz CT molecular complexity index is 2080. The summed E-state index contributed by atoms with van der Waals surface area (Å²) in [6.07, 6.45) is 12.6. The molecule has 45 heavy (non-hydrogen) atoms. The van der Waals surface area contributed by atoms with Gasteiger partial charge in [0, 0.05) is 11.3 Å². The summed E-state index contributed by atoms with van der Waals surface area (Å²) in [5, 5.41) is 7.39. The van der Waals surface area contributed by atoms with Crippen LogP contribution < -0.4 is 0 Å². The van der Waals surface area contributed by atoms with Crippen molar-refractivity contribution in [1.29, 1.82) is 0 Å². The van der Waals surface area contributed by atoms with E-state index in [1.807, 2.05) is 12.1 Å². The summed E-state index contributed by atoms with van der Waals surface area (Å²) in [7, 11) is 0. The van der Waals surface area contributed by atoms with Crippen molar-refractivity contribution < 1.29 is 0 Å². The van der Waals surface area contributed by atoms with E-state index in [2.05, 4.69) is 161 Å². The van der Waals surface area contributed by atoms with Gasteiger partial charge < -0.3 is 0 Å². The molecule has 0 N–H and O–H groups in total. The first kappa shape index (κ1) is 29.8. The van der Waals surface area contributed by atoms with Crippen molar-refractivity contribution in [1.82, 2.24) is 0 Å². The third kappa shape index (κ3) is 5.82. The van der Waals surface area contributed by atoms with Crippen LogP contribution in [-0.2, 0) is 0 Å². The van der Waals surface area contributed by atoms with Crippen LogP contribution in [0.15, 0.2) is 157 Å². The summed E-state index contributed by atoms with van der Waals surface area (Å²) in [4.78, 5) is 5.19. The zero-order valence-corrected chi connectivity index (χ0v) is 26.4. The first-order valence-corrected chi connectivity index (χ1v) is 15.9. The molecule has 6 rings (SSSR count). The number of nitrogens with zero attached hydrogens (tertiary/aromatic N) is 1. The summed E-state index contributed by atoms with van der Waals surface area (Å²) in [5.41, 5.74) is 9.21. The largest absolute Gasteiger partial charge is 0.253 e. The molecule has 0 radical (unpaired) electrons. The van der Waals surface area contributed by atoms with Crippen molar-refractivity contribution in [2.45, 2.75) is 33.6 Å². The Balaban J connectivity index is 1.65. The molecule has 1 heteroatoms. The second-order valence-electron chi connectivity index (χ2n) is 11.3. The molecule has 0 aliphatic carbocycles. The second kappa shape index (κ2) is 13.6. The summed E-state index contributed by atoms with van der Waals surface area (Å²) < 4.78 is 0. The van der Waals surface area contributed by atoms with Gasteiger partial charge in [0.2, 0.25) is 0 Å². The lowest BCUT2D eigenvalue weighted by atomic mass is 9.84. The smallest absolute Gasteiger partial charge is 0.0671 e. The maximum Gasteiger partial charge on any atom is 0.0671 e. The maximum absolute atomic E-state index is 5.19. The second-order valence-corrected chi connectivity index (χ2v) is 11.3. The number of rotatable bonds is 9. The SMILES string of the molecule is C=C/C=C(\C=C/CC)c1c2ccccc2c(-c2cccc3c(C(=C/CC)/N=C(\C)c4ccccc4)cccc23)c2ccccc12. The highest BCUT2D eigenvalue weighted by Crippen LogP contribution is 2.44. The highest BCUT2D eigenvalue weighted by molar-refractivity contribution is 6.22. The zero-order valence-electron chi connectivity index (χ0n) is 26.4. The zero-order chi connectivity index (χ0) is 31.2. The molecular formula is C44H39N. The van der Waals surface area contributed by atoms with Crippen molar-refractivity contribution in [3.8, 4) is 11.1 Å². The van der Waals surface area contributed by atoms with E-state index in [0.29, 0.717) is 0 Å². The van der Waals surface area contributed by atoms with Gasteiger partial charge in [0.05, 0.1) is 5.70 Å². The van der Waals surface area contributed by atoms with Crippen LogP contribution in [-0.4, -0.2) is 5.71 Å². The first-order chi connectivity index (χ1) is 22.2. The molecule has 0 bridgehead atoms. The molecule has 0 fully saturated rings. The van der Waals surface area contributed by atoms with E-state index in [-0.39, 0.29) is 0 Å². The highest BCUT2D eigenvalue weighted by Gasteiger charge is 2.19. The number of fused-ring (bicyclic) bond motifs is 3. The van der Waals surface area contributed by atoms with E-state index >= 15 is 0 Å². The van der Waals surface area contributed by atoms with Gasteiger partial charge in [0.1, 0.15) is 0 Å². The average Bonchev–Trinajstić information content (AvgIpc) is 3.09. The van der Waals surface area contributed by atoms with Crippen LogP contribution in [0.5, 0.6) is 0 Å². The van der Waals surface area contributed by atoms with E-state index in [1.165, 1.54) is 54.6 Å². The van der Waals surface area contributed by atoms with Gasteiger partial charge in [0.25, 0.3) is 0 Å². The fourth-order valence-corrected chi connectivity index (χ4v) is 6.41.